The number of para-hydroxylation sites is 2. The van der Waals surface area contributed by atoms with Crippen molar-refractivity contribution in [3.05, 3.63) is 65.5 Å². The fraction of sp³-hybridized carbons (Fsp3) is 0.316. The summed E-state index contributed by atoms with van der Waals surface area (Å²) in [7, 11) is 0. The maximum Gasteiger partial charge on any atom is 0.416 e. The van der Waals surface area contributed by atoms with Crippen molar-refractivity contribution in [2.45, 2.75) is 31.7 Å². The minimum Gasteiger partial charge on any atom is -0.396 e. The Morgan fingerprint density at radius 1 is 1.04 bits per heavy atom. The van der Waals surface area contributed by atoms with E-state index in [0.29, 0.717) is 24.2 Å². The van der Waals surface area contributed by atoms with Gasteiger partial charge in [-0.25, -0.2) is 4.98 Å². The van der Waals surface area contributed by atoms with Gasteiger partial charge in [-0.1, -0.05) is 30.3 Å². The predicted molar refractivity (Wildman–Crippen MR) is 91.5 cm³/mol. The summed E-state index contributed by atoms with van der Waals surface area (Å²) in [4.78, 5) is 4.49. The number of imidazole rings is 1. The molecule has 1 heterocycles. The topological polar surface area (TPSA) is 58.3 Å². The van der Waals surface area contributed by atoms with Crippen molar-refractivity contribution < 1.29 is 23.4 Å². The summed E-state index contributed by atoms with van der Waals surface area (Å²) in [5.74, 6) is 0.629. The Morgan fingerprint density at radius 2 is 1.73 bits per heavy atom. The van der Waals surface area contributed by atoms with Crippen LogP contribution in [-0.4, -0.2) is 26.4 Å². The molecule has 3 aromatic rings. The maximum atomic E-state index is 13.2. The van der Waals surface area contributed by atoms with E-state index in [0.717, 1.165) is 11.6 Å². The second-order valence-electron chi connectivity index (χ2n) is 6.06. The molecule has 0 spiro atoms. The first-order valence-electron chi connectivity index (χ1n) is 8.31. The van der Waals surface area contributed by atoms with Crippen LogP contribution in [0.25, 0.3) is 11.0 Å². The third kappa shape index (κ3) is 3.73. The quantitative estimate of drug-likeness (QED) is 0.701. The zero-order valence-corrected chi connectivity index (χ0v) is 13.9. The number of alkyl halides is 3. The lowest BCUT2D eigenvalue weighted by Gasteiger charge is -2.19. The van der Waals surface area contributed by atoms with Gasteiger partial charge in [-0.05, 0) is 30.2 Å². The molecule has 1 aromatic heterocycles. The third-order valence-electron chi connectivity index (χ3n) is 4.27. The highest BCUT2D eigenvalue weighted by atomic mass is 19.4. The maximum absolute atomic E-state index is 13.2. The van der Waals surface area contributed by atoms with Gasteiger partial charge in [-0.2, -0.15) is 13.2 Å². The molecule has 0 radical (unpaired) electrons. The lowest BCUT2D eigenvalue weighted by molar-refractivity contribution is -0.139. The first-order chi connectivity index (χ1) is 12.4. The Hall–Kier alpha value is -2.38. The average molecular weight is 364 g/mol. The van der Waals surface area contributed by atoms with Gasteiger partial charge in [0.1, 0.15) is 5.82 Å². The molecular weight excluding hydrogens is 345 g/mol. The van der Waals surface area contributed by atoms with Gasteiger partial charge in [0.25, 0.3) is 0 Å². The molecule has 1 unspecified atom stereocenters. The number of fused-ring (bicyclic) bond motifs is 1. The second-order valence-corrected chi connectivity index (χ2v) is 6.06. The van der Waals surface area contributed by atoms with Crippen LogP contribution in [0.2, 0.25) is 0 Å². The summed E-state index contributed by atoms with van der Waals surface area (Å²) in [5.41, 5.74) is 0.445. The van der Waals surface area contributed by atoms with Gasteiger partial charge >= 0.3 is 6.18 Å². The number of rotatable bonds is 6. The minimum absolute atomic E-state index is 0.0112. The Bertz CT molecular complexity index is 890. The van der Waals surface area contributed by atoms with E-state index in [2.05, 4.69) is 4.98 Å². The van der Waals surface area contributed by atoms with Gasteiger partial charge < -0.3 is 14.8 Å². The smallest absolute Gasteiger partial charge is 0.396 e. The molecule has 0 saturated carbocycles. The highest BCUT2D eigenvalue weighted by Gasteiger charge is 2.34. The van der Waals surface area contributed by atoms with E-state index >= 15 is 0 Å². The molecule has 2 N–H and O–H groups in total. The van der Waals surface area contributed by atoms with Gasteiger partial charge in [0.15, 0.2) is 0 Å². The lowest BCUT2D eigenvalue weighted by atomic mass is 10.0. The predicted octanol–water partition coefficient (Wildman–Crippen LogP) is 3.71. The van der Waals surface area contributed by atoms with Crippen molar-refractivity contribution in [1.29, 1.82) is 0 Å². The third-order valence-corrected chi connectivity index (χ3v) is 4.27. The van der Waals surface area contributed by atoms with Crippen molar-refractivity contribution in [2.24, 2.45) is 0 Å². The molecule has 26 heavy (non-hydrogen) atoms. The molecule has 2 aromatic carbocycles. The molecule has 0 saturated heterocycles. The number of nitrogens with zero attached hydrogens (tertiary/aromatic N) is 2. The second kappa shape index (κ2) is 7.47. The highest BCUT2D eigenvalue weighted by Crippen LogP contribution is 2.35. The summed E-state index contributed by atoms with van der Waals surface area (Å²) in [6, 6.07) is 12.3. The van der Waals surface area contributed by atoms with E-state index in [4.69, 9.17) is 5.11 Å². The summed E-state index contributed by atoms with van der Waals surface area (Å²) < 4.78 is 41.4. The number of aryl methyl sites for hydroxylation is 1. The number of hydrogen-bond acceptors (Lipinski definition) is 3. The number of halogens is 3. The van der Waals surface area contributed by atoms with Crippen LogP contribution in [0.15, 0.2) is 48.5 Å². The Balaban J connectivity index is 1.99. The summed E-state index contributed by atoms with van der Waals surface area (Å²) >= 11 is 0. The van der Waals surface area contributed by atoms with E-state index in [1.54, 1.807) is 4.57 Å². The van der Waals surface area contributed by atoms with Crippen LogP contribution in [0.5, 0.6) is 0 Å². The summed E-state index contributed by atoms with van der Waals surface area (Å²) in [6.45, 7) is -0.0585. The molecule has 1 atom stereocenters. The molecule has 3 rings (SSSR count). The monoisotopic (exact) mass is 364 g/mol. The van der Waals surface area contributed by atoms with E-state index < -0.39 is 17.8 Å². The Labute approximate surface area is 148 Å². The van der Waals surface area contributed by atoms with Crippen LogP contribution < -0.4 is 0 Å². The van der Waals surface area contributed by atoms with Gasteiger partial charge in [0.05, 0.1) is 29.2 Å². The number of benzene rings is 2. The molecule has 0 aliphatic heterocycles. The number of aliphatic hydroxyl groups is 2. The zero-order valence-electron chi connectivity index (χ0n) is 13.9. The molecule has 138 valence electrons. The average Bonchev–Trinajstić information content (AvgIpc) is 2.97. The number of aromatic nitrogens is 2. The van der Waals surface area contributed by atoms with Crippen LogP contribution in [0, 0.1) is 0 Å². The molecular formula is C19H19F3N2O2. The van der Waals surface area contributed by atoms with Crippen LogP contribution in [-0.2, 0) is 19.1 Å². The molecule has 0 bridgehead atoms. The van der Waals surface area contributed by atoms with E-state index in [-0.39, 0.29) is 18.7 Å². The fourth-order valence-electron chi connectivity index (χ4n) is 3.07. The molecule has 7 heteroatoms. The van der Waals surface area contributed by atoms with Crippen LogP contribution in [0.1, 0.15) is 29.5 Å². The molecule has 0 aliphatic carbocycles. The van der Waals surface area contributed by atoms with Gasteiger partial charge in [0, 0.05) is 13.0 Å². The van der Waals surface area contributed by atoms with Crippen LogP contribution in [0.3, 0.4) is 0 Å². The molecule has 4 nitrogen and oxygen atoms in total. The summed E-state index contributed by atoms with van der Waals surface area (Å²) in [5, 5.41) is 19.6. The first kappa shape index (κ1) is 18.4. The standard InChI is InChI=1S/C19H19F3N2O2/c20-19(21,22)14-7-2-1-6-13(14)17(26)12-24-16-9-4-3-8-15(16)23-18(24)10-5-11-25/h1-4,6-9,17,25-26H,5,10-12H2. The molecule has 0 aliphatic rings. The Kier molecular flexibility index (Phi) is 5.29. The van der Waals surface area contributed by atoms with Gasteiger partial charge in [-0.15, -0.1) is 0 Å². The van der Waals surface area contributed by atoms with Crippen molar-refractivity contribution >= 4 is 11.0 Å². The zero-order chi connectivity index (χ0) is 18.7. The lowest BCUT2D eigenvalue weighted by Crippen LogP contribution is -2.17. The normalized spacial score (nSPS) is 13.3. The molecule has 0 amide bonds. The summed E-state index contributed by atoms with van der Waals surface area (Å²) in [6.07, 6.45) is -4.91. The van der Waals surface area contributed by atoms with E-state index in [1.165, 1.54) is 18.2 Å². The molecule has 0 fully saturated rings. The van der Waals surface area contributed by atoms with Crippen molar-refractivity contribution in [2.75, 3.05) is 6.61 Å². The minimum atomic E-state index is -4.53. The van der Waals surface area contributed by atoms with E-state index in [9.17, 15) is 18.3 Å². The fourth-order valence-corrected chi connectivity index (χ4v) is 3.07. The number of hydrogen-bond donors (Lipinski definition) is 2. The largest absolute Gasteiger partial charge is 0.416 e. The van der Waals surface area contributed by atoms with Crippen LogP contribution in [0.4, 0.5) is 13.2 Å². The highest BCUT2D eigenvalue weighted by molar-refractivity contribution is 5.75. The van der Waals surface area contributed by atoms with Crippen molar-refractivity contribution in [1.82, 2.24) is 9.55 Å². The number of aliphatic hydroxyl groups excluding tert-OH is 2. The van der Waals surface area contributed by atoms with E-state index in [1.807, 2.05) is 24.3 Å². The van der Waals surface area contributed by atoms with Gasteiger partial charge in [0.2, 0.25) is 0 Å². The van der Waals surface area contributed by atoms with Crippen LogP contribution >= 0.6 is 0 Å². The SMILES string of the molecule is OCCCc1nc2ccccc2n1CC(O)c1ccccc1C(F)(F)F. The Morgan fingerprint density at radius 3 is 2.46 bits per heavy atom. The van der Waals surface area contributed by atoms with Crippen molar-refractivity contribution in [3.63, 3.8) is 0 Å². The van der Waals surface area contributed by atoms with Crippen molar-refractivity contribution in [3.8, 4) is 0 Å². The first-order valence-corrected chi connectivity index (χ1v) is 8.31. The van der Waals surface area contributed by atoms with Gasteiger partial charge in [-0.3, -0.25) is 0 Å².